The molecule has 0 aliphatic carbocycles. The van der Waals surface area contributed by atoms with Crippen LogP contribution in [-0.4, -0.2) is 23.5 Å². The molecule has 5 nitrogen and oxygen atoms in total. The van der Waals surface area contributed by atoms with Gasteiger partial charge in [-0.25, -0.2) is 0 Å². The standard InChI is InChI=1S/C16H14N2O3/c1-3-6-18-9-13(12-8-15(19)17-16(12)20)11-7-10(21-2)4-5-14(11)18/h3-5,7-9H,1,6H2,2H3,(H,17,19,20). The maximum Gasteiger partial charge on any atom is 0.258 e. The first-order valence-corrected chi connectivity index (χ1v) is 6.49. The van der Waals surface area contributed by atoms with E-state index >= 15 is 0 Å². The number of carbonyl (C=O) groups is 2. The molecule has 0 saturated heterocycles. The van der Waals surface area contributed by atoms with E-state index in [1.807, 2.05) is 29.0 Å². The first-order chi connectivity index (χ1) is 10.1. The average molecular weight is 282 g/mol. The van der Waals surface area contributed by atoms with Gasteiger partial charge >= 0.3 is 0 Å². The van der Waals surface area contributed by atoms with Gasteiger partial charge in [0.05, 0.1) is 12.7 Å². The number of imide groups is 1. The summed E-state index contributed by atoms with van der Waals surface area (Å²) in [5.41, 5.74) is 2.05. The van der Waals surface area contributed by atoms with Gasteiger partial charge < -0.3 is 9.30 Å². The van der Waals surface area contributed by atoms with E-state index in [0.29, 0.717) is 23.4 Å². The van der Waals surface area contributed by atoms with Crippen molar-refractivity contribution < 1.29 is 14.3 Å². The smallest absolute Gasteiger partial charge is 0.258 e. The molecule has 0 spiro atoms. The van der Waals surface area contributed by atoms with Crippen LogP contribution >= 0.6 is 0 Å². The second kappa shape index (κ2) is 4.94. The van der Waals surface area contributed by atoms with Gasteiger partial charge in [-0.05, 0) is 18.2 Å². The van der Waals surface area contributed by atoms with Crippen molar-refractivity contribution in [1.29, 1.82) is 0 Å². The lowest BCUT2D eigenvalue weighted by molar-refractivity contribution is -0.123. The van der Waals surface area contributed by atoms with Crippen molar-refractivity contribution in [3.8, 4) is 5.75 Å². The third kappa shape index (κ3) is 2.12. The number of allylic oxidation sites excluding steroid dienone is 1. The van der Waals surface area contributed by atoms with E-state index in [9.17, 15) is 9.59 Å². The fourth-order valence-electron chi connectivity index (χ4n) is 2.52. The zero-order valence-electron chi connectivity index (χ0n) is 11.6. The quantitative estimate of drug-likeness (QED) is 0.688. The molecule has 0 atom stereocenters. The van der Waals surface area contributed by atoms with Crippen molar-refractivity contribution in [2.75, 3.05) is 7.11 Å². The molecule has 1 N–H and O–H groups in total. The SMILES string of the molecule is C=CCn1cc(C2=CC(=O)NC2=O)c2cc(OC)ccc21. The highest BCUT2D eigenvalue weighted by Crippen LogP contribution is 2.31. The number of nitrogens with one attached hydrogen (secondary N) is 1. The molecule has 0 unspecified atom stereocenters. The molecule has 0 saturated carbocycles. The second-order valence-corrected chi connectivity index (χ2v) is 4.74. The second-order valence-electron chi connectivity index (χ2n) is 4.74. The third-order valence-corrected chi connectivity index (χ3v) is 3.46. The van der Waals surface area contributed by atoms with Gasteiger partial charge in [0, 0.05) is 35.3 Å². The van der Waals surface area contributed by atoms with Gasteiger partial charge in [0.15, 0.2) is 0 Å². The van der Waals surface area contributed by atoms with Crippen LogP contribution in [0, 0.1) is 0 Å². The Kier molecular flexibility index (Phi) is 3.10. The molecule has 0 radical (unpaired) electrons. The lowest BCUT2D eigenvalue weighted by Gasteiger charge is -2.03. The fourth-order valence-corrected chi connectivity index (χ4v) is 2.52. The highest BCUT2D eigenvalue weighted by molar-refractivity contribution is 6.35. The minimum Gasteiger partial charge on any atom is -0.497 e. The number of carbonyl (C=O) groups excluding carboxylic acids is 2. The van der Waals surface area contributed by atoms with E-state index in [1.54, 1.807) is 13.2 Å². The monoisotopic (exact) mass is 282 g/mol. The van der Waals surface area contributed by atoms with Crippen molar-refractivity contribution in [1.82, 2.24) is 9.88 Å². The van der Waals surface area contributed by atoms with Crippen molar-refractivity contribution in [3.05, 3.63) is 48.7 Å². The largest absolute Gasteiger partial charge is 0.497 e. The average Bonchev–Trinajstić information content (AvgIpc) is 2.99. The van der Waals surface area contributed by atoms with Crippen molar-refractivity contribution in [3.63, 3.8) is 0 Å². The normalized spacial score (nSPS) is 14.2. The minimum atomic E-state index is -0.387. The lowest BCUT2D eigenvalue weighted by Crippen LogP contribution is -2.21. The van der Waals surface area contributed by atoms with Crippen LogP contribution in [0.15, 0.2) is 43.1 Å². The number of nitrogens with zero attached hydrogens (tertiary/aromatic N) is 1. The van der Waals surface area contributed by atoms with Crippen molar-refractivity contribution >= 4 is 28.3 Å². The summed E-state index contributed by atoms with van der Waals surface area (Å²) in [6.07, 6.45) is 4.96. The molecule has 21 heavy (non-hydrogen) atoms. The number of fused-ring (bicyclic) bond motifs is 1. The van der Waals surface area contributed by atoms with Gasteiger partial charge in [0.1, 0.15) is 5.75 Å². The summed E-state index contributed by atoms with van der Waals surface area (Å²) in [6, 6.07) is 5.65. The Morgan fingerprint density at radius 3 is 2.81 bits per heavy atom. The summed E-state index contributed by atoms with van der Waals surface area (Å²) in [5.74, 6) is -0.0616. The van der Waals surface area contributed by atoms with Gasteiger partial charge in [0.25, 0.3) is 11.8 Å². The number of hydrogen-bond acceptors (Lipinski definition) is 3. The Hall–Kier alpha value is -2.82. The molecular formula is C16H14N2O3. The molecule has 2 amide bonds. The molecule has 3 rings (SSSR count). The zero-order chi connectivity index (χ0) is 15.0. The van der Waals surface area contributed by atoms with Crippen LogP contribution in [0.3, 0.4) is 0 Å². The van der Waals surface area contributed by atoms with E-state index in [1.165, 1.54) is 6.08 Å². The predicted molar refractivity (Wildman–Crippen MR) is 79.8 cm³/mol. The molecule has 2 heterocycles. The van der Waals surface area contributed by atoms with Gasteiger partial charge in [-0.2, -0.15) is 0 Å². The van der Waals surface area contributed by atoms with Gasteiger partial charge in [-0.1, -0.05) is 6.08 Å². The number of hydrogen-bond donors (Lipinski definition) is 1. The number of methoxy groups -OCH3 is 1. The fraction of sp³-hybridized carbons (Fsp3) is 0.125. The summed E-state index contributed by atoms with van der Waals surface area (Å²) in [5, 5.41) is 3.14. The summed E-state index contributed by atoms with van der Waals surface area (Å²) in [6.45, 7) is 4.35. The molecule has 106 valence electrons. The Labute approximate surface area is 121 Å². The highest BCUT2D eigenvalue weighted by Gasteiger charge is 2.25. The van der Waals surface area contributed by atoms with E-state index in [-0.39, 0.29) is 11.8 Å². The number of amides is 2. The van der Waals surface area contributed by atoms with Crippen molar-refractivity contribution in [2.24, 2.45) is 0 Å². The Morgan fingerprint density at radius 1 is 1.38 bits per heavy atom. The van der Waals surface area contributed by atoms with Crippen molar-refractivity contribution in [2.45, 2.75) is 6.54 Å². The van der Waals surface area contributed by atoms with Crippen LogP contribution in [-0.2, 0) is 16.1 Å². The Bertz CT molecular complexity index is 799. The lowest BCUT2D eigenvalue weighted by atomic mass is 10.1. The summed E-state index contributed by atoms with van der Waals surface area (Å²) in [4.78, 5) is 23.3. The molecule has 5 heteroatoms. The van der Waals surface area contributed by atoms with Crippen LogP contribution in [0.4, 0.5) is 0 Å². The molecular weight excluding hydrogens is 268 g/mol. The molecule has 1 aliphatic heterocycles. The molecule has 1 aliphatic rings. The maximum atomic E-state index is 11.9. The van der Waals surface area contributed by atoms with Gasteiger partial charge in [0.2, 0.25) is 0 Å². The topological polar surface area (TPSA) is 60.3 Å². The van der Waals surface area contributed by atoms with Crippen LogP contribution in [0.1, 0.15) is 5.56 Å². The molecule has 2 aromatic rings. The number of ether oxygens (including phenoxy) is 1. The number of rotatable bonds is 4. The summed E-state index contributed by atoms with van der Waals surface area (Å²) < 4.78 is 7.22. The molecule has 1 aromatic heterocycles. The first kappa shape index (κ1) is 13.2. The number of benzene rings is 1. The predicted octanol–water partition coefficient (Wildman–Crippen LogP) is 1.88. The first-order valence-electron chi connectivity index (χ1n) is 6.49. The van der Waals surface area contributed by atoms with Crippen LogP contribution < -0.4 is 10.1 Å². The summed E-state index contributed by atoms with van der Waals surface area (Å²) in [7, 11) is 1.59. The molecule has 1 aromatic carbocycles. The van der Waals surface area contributed by atoms with E-state index in [2.05, 4.69) is 11.9 Å². The number of aromatic nitrogens is 1. The minimum absolute atomic E-state index is 0.375. The van der Waals surface area contributed by atoms with Gasteiger partial charge in [-0.3, -0.25) is 14.9 Å². The van der Waals surface area contributed by atoms with Gasteiger partial charge in [-0.15, -0.1) is 6.58 Å². The highest BCUT2D eigenvalue weighted by atomic mass is 16.5. The van der Waals surface area contributed by atoms with Crippen LogP contribution in [0.25, 0.3) is 16.5 Å². The Morgan fingerprint density at radius 2 is 2.19 bits per heavy atom. The van der Waals surface area contributed by atoms with Crippen LogP contribution in [0.5, 0.6) is 5.75 Å². The van der Waals surface area contributed by atoms with Crippen LogP contribution in [0.2, 0.25) is 0 Å². The maximum absolute atomic E-state index is 11.9. The zero-order valence-corrected chi connectivity index (χ0v) is 11.6. The third-order valence-electron chi connectivity index (χ3n) is 3.46. The van der Waals surface area contributed by atoms with E-state index < -0.39 is 0 Å². The Balaban J connectivity index is 2.26. The van der Waals surface area contributed by atoms with E-state index in [0.717, 1.165) is 10.9 Å². The summed E-state index contributed by atoms with van der Waals surface area (Å²) >= 11 is 0. The molecule has 0 bridgehead atoms. The molecule has 0 fully saturated rings. The van der Waals surface area contributed by atoms with E-state index in [4.69, 9.17) is 4.74 Å².